The van der Waals surface area contributed by atoms with E-state index in [0.717, 1.165) is 18.8 Å². The number of aliphatic hydroxyl groups is 2. The van der Waals surface area contributed by atoms with Crippen molar-refractivity contribution < 1.29 is 19.7 Å². The summed E-state index contributed by atoms with van der Waals surface area (Å²) in [5.74, 6) is -0.638. The van der Waals surface area contributed by atoms with Gasteiger partial charge in [0.25, 0.3) is 0 Å². The Hall–Kier alpha value is -1.63. The predicted octanol–water partition coefficient (Wildman–Crippen LogP) is -0.207. The van der Waals surface area contributed by atoms with E-state index in [2.05, 4.69) is 4.90 Å². The summed E-state index contributed by atoms with van der Waals surface area (Å²) in [6.07, 6.45) is -2.57. The van der Waals surface area contributed by atoms with Gasteiger partial charge in [-0.25, -0.2) is 0 Å². The lowest BCUT2D eigenvalue weighted by Gasteiger charge is -2.29. The van der Waals surface area contributed by atoms with E-state index in [4.69, 9.17) is 10.5 Å². The Balaban J connectivity index is 2.10. The summed E-state index contributed by atoms with van der Waals surface area (Å²) in [5, 5.41) is 19.8. The maximum Gasteiger partial charge on any atom is 0.220 e. The van der Waals surface area contributed by atoms with Gasteiger partial charge in [0.1, 0.15) is 6.10 Å². The van der Waals surface area contributed by atoms with Gasteiger partial charge in [-0.15, -0.1) is 0 Å². The van der Waals surface area contributed by atoms with Crippen molar-refractivity contribution >= 4 is 11.6 Å². The molecule has 6 heteroatoms. The van der Waals surface area contributed by atoms with Crippen LogP contribution in [0.1, 0.15) is 18.1 Å². The molecule has 0 aliphatic carbocycles. The van der Waals surface area contributed by atoms with Crippen LogP contribution in [-0.4, -0.2) is 48.5 Å². The van der Waals surface area contributed by atoms with Crippen LogP contribution in [0.5, 0.6) is 0 Å². The largest absolute Gasteiger partial charge is 0.390 e. The van der Waals surface area contributed by atoms with Gasteiger partial charge >= 0.3 is 0 Å². The number of amides is 1. The summed E-state index contributed by atoms with van der Waals surface area (Å²) in [6, 6.07) is 7.31. The van der Waals surface area contributed by atoms with Crippen molar-refractivity contribution in [3.8, 4) is 0 Å². The van der Waals surface area contributed by atoms with Gasteiger partial charge in [-0.3, -0.25) is 4.79 Å². The molecule has 0 saturated carbocycles. The van der Waals surface area contributed by atoms with Crippen LogP contribution in [-0.2, 0) is 9.53 Å². The molecule has 2 rings (SSSR count). The standard InChI is InChI=1S/C14H20N2O4/c15-13(18)9-12(17)14(19)10-2-1-3-11(8-10)16-4-6-20-7-5-16/h1-3,8,12,14,17,19H,4-7,9H2,(H2,15,18). The molecule has 1 fully saturated rings. The highest BCUT2D eigenvalue weighted by Crippen LogP contribution is 2.24. The van der Waals surface area contributed by atoms with Crippen molar-refractivity contribution in [1.29, 1.82) is 0 Å². The number of carbonyl (C=O) groups is 1. The van der Waals surface area contributed by atoms with E-state index in [0.29, 0.717) is 18.8 Å². The number of hydrogen-bond donors (Lipinski definition) is 3. The second-order valence-electron chi connectivity index (χ2n) is 4.88. The third-order valence-corrected chi connectivity index (χ3v) is 3.36. The number of anilines is 1. The Morgan fingerprint density at radius 3 is 2.70 bits per heavy atom. The van der Waals surface area contributed by atoms with E-state index in [1.807, 2.05) is 18.2 Å². The van der Waals surface area contributed by atoms with Gasteiger partial charge in [-0.05, 0) is 17.7 Å². The summed E-state index contributed by atoms with van der Waals surface area (Å²) in [4.78, 5) is 12.9. The average Bonchev–Trinajstić information content (AvgIpc) is 2.47. The fraction of sp³-hybridized carbons (Fsp3) is 0.500. The minimum atomic E-state index is -1.19. The van der Waals surface area contributed by atoms with Crippen LogP contribution in [0.4, 0.5) is 5.69 Å². The Labute approximate surface area is 117 Å². The number of hydrogen-bond acceptors (Lipinski definition) is 5. The second-order valence-corrected chi connectivity index (χ2v) is 4.88. The van der Waals surface area contributed by atoms with E-state index in [1.54, 1.807) is 6.07 Å². The number of carbonyl (C=O) groups excluding carboxylic acids is 1. The Morgan fingerprint density at radius 1 is 1.35 bits per heavy atom. The van der Waals surface area contributed by atoms with E-state index >= 15 is 0 Å². The number of morpholine rings is 1. The predicted molar refractivity (Wildman–Crippen MR) is 74.3 cm³/mol. The Bertz CT molecular complexity index is 460. The first-order valence-electron chi connectivity index (χ1n) is 6.65. The van der Waals surface area contributed by atoms with Crippen LogP contribution in [0.15, 0.2) is 24.3 Å². The average molecular weight is 280 g/mol. The summed E-state index contributed by atoms with van der Waals surface area (Å²) in [5.41, 5.74) is 6.56. The Morgan fingerprint density at radius 2 is 2.05 bits per heavy atom. The van der Waals surface area contributed by atoms with Crippen molar-refractivity contribution in [2.75, 3.05) is 31.2 Å². The molecule has 1 amide bonds. The minimum Gasteiger partial charge on any atom is -0.390 e. The quantitative estimate of drug-likeness (QED) is 0.694. The molecule has 0 radical (unpaired) electrons. The van der Waals surface area contributed by atoms with Gasteiger partial charge < -0.3 is 25.6 Å². The molecule has 2 unspecified atom stereocenters. The zero-order valence-corrected chi connectivity index (χ0v) is 11.2. The summed E-state index contributed by atoms with van der Waals surface area (Å²) in [7, 11) is 0. The zero-order valence-electron chi connectivity index (χ0n) is 11.2. The lowest BCUT2D eigenvalue weighted by atomic mass is 10.0. The molecule has 110 valence electrons. The second kappa shape index (κ2) is 6.69. The van der Waals surface area contributed by atoms with Crippen molar-refractivity contribution in [2.24, 2.45) is 5.73 Å². The molecule has 1 heterocycles. The lowest BCUT2D eigenvalue weighted by molar-refractivity contribution is -0.121. The minimum absolute atomic E-state index is 0.261. The third kappa shape index (κ3) is 3.69. The maximum atomic E-state index is 10.8. The first-order valence-corrected chi connectivity index (χ1v) is 6.65. The van der Waals surface area contributed by atoms with Crippen molar-refractivity contribution in [1.82, 2.24) is 0 Å². The summed E-state index contributed by atoms with van der Waals surface area (Å²) < 4.78 is 5.30. The molecule has 1 aromatic carbocycles. The third-order valence-electron chi connectivity index (χ3n) is 3.36. The molecule has 1 saturated heterocycles. The highest BCUT2D eigenvalue weighted by atomic mass is 16.5. The van der Waals surface area contributed by atoms with Crippen LogP contribution in [0.2, 0.25) is 0 Å². The van der Waals surface area contributed by atoms with E-state index in [-0.39, 0.29) is 6.42 Å². The molecule has 1 aliphatic heterocycles. The number of benzene rings is 1. The first kappa shape index (κ1) is 14.8. The van der Waals surface area contributed by atoms with Gasteiger partial charge in [0.2, 0.25) is 5.91 Å². The van der Waals surface area contributed by atoms with Crippen molar-refractivity contribution in [2.45, 2.75) is 18.6 Å². The fourth-order valence-electron chi connectivity index (χ4n) is 2.27. The number of aliphatic hydroxyl groups excluding tert-OH is 2. The van der Waals surface area contributed by atoms with Gasteiger partial charge in [0.15, 0.2) is 0 Å². The monoisotopic (exact) mass is 280 g/mol. The molecule has 20 heavy (non-hydrogen) atoms. The first-order chi connectivity index (χ1) is 9.58. The topological polar surface area (TPSA) is 96.0 Å². The Kier molecular flexibility index (Phi) is 4.94. The fourth-order valence-corrected chi connectivity index (χ4v) is 2.27. The molecule has 4 N–H and O–H groups in total. The van der Waals surface area contributed by atoms with Crippen LogP contribution >= 0.6 is 0 Å². The van der Waals surface area contributed by atoms with Crippen molar-refractivity contribution in [3.63, 3.8) is 0 Å². The van der Waals surface area contributed by atoms with Crippen LogP contribution < -0.4 is 10.6 Å². The van der Waals surface area contributed by atoms with E-state index in [9.17, 15) is 15.0 Å². The summed E-state index contributed by atoms with van der Waals surface area (Å²) in [6.45, 7) is 2.95. The highest BCUT2D eigenvalue weighted by molar-refractivity contribution is 5.74. The number of nitrogens with two attached hydrogens (primary N) is 1. The van der Waals surface area contributed by atoms with Gasteiger partial charge in [-0.1, -0.05) is 12.1 Å². The molecule has 6 nitrogen and oxygen atoms in total. The highest BCUT2D eigenvalue weighted by Gasteiger charge is 2.21. The summed E-state index contributed by atoms with van der Waals surface area (Å²) >= 11 is 0. The lowest BCUT2D eigenvalue weighted by Crippen LogP contribution is -2.36. The molecule has 1 aromatic rings. The van der Waals surface area contributed by atoms with E-state index < -0.39 is 18.1 Å². The van der Waals surface area contributed by atoms with E-state index in [1.165, 1.54) is 0 Å². The van der Waals surface area contributed by atoms with Gasteiger partial charge in [0.05, 0.1) is 25.7 Å². The molecule has 1 aliphatic rings. The molecular formula is C14H20N2O4. The normalized spacial score (nSPS) is 18.6. The maximum absolute atomic E-state index is 10.8. The molecular weight excluding hydrogens is 260 g/mol. The zero-order chi connectivity index (χ0) is 14.5. The number of primary amides is 1. The smallest absolute Gasteiger partial charge is 0.220 e. The van der Waals surface area contributed by atoms with Crippen LogP contribution in [0.3, 0.4) is 0 Å². The number of rotatable bonds is 5. The molecule has 2 atom stereocenters. The van der Waals surface area contributed by atoms with Crippen LogP contribution in [0.25, 0.3) is 0 Å². The molecule has 0 aromatic heterocycles. The van der Waals surface area contributed by atoms with Gasteiger partial charge in [-0.2, -0.15) is 0 Å². The molecule has 0 bridgehead atoms. The van der Waals surface area contributed by atoms with Gasteiger partial charge in [0, 0.05) is 18.8 Å². The molecule has 0 spiro atoms. The van der Waals surface area contributed by atoms with Crippen LogP contribution in [0, 0.1) is 0 Å². The SMILES string of the molecule is NC(=O)CC(O)C(O)c1cccc(N2CCOCC2)c1. The number of ether oxygens (including phenoxy) is 1. The number of nitrogens with zero attached hydrogens (tertiary/aromatic N) is 1. The van der Waals surface area contributed by atoms with Crippen molar-refractivity contribution in [3.05, 3.63) is 29.8 Å².